The molecule has 1 aliphatic rings. The van der Waals surface area contributed by atoms with Crippen LogP contribution in [0.3, 0.4) is 0 Å². The van der Waals surface area contributed by atoms with E-state index in [9.17, 15) is 9.90 Å². The van der Waals surface area contributed by atoms with Gasteiger partial charge in [-0.25, -0.2) is 0 Å². The van der Waals surface area contributed by atoms with Crippen LogP contribution in [0, 0.1) is 13.8 Å². The molecule has 1 N–H and O–H groups in total. The molecule has 1 aromatic carbocycles. The Morgan fingerprint density at radius 2 is 2.14 bits per heavy atom. The van der Waals surface area contributed by atoms with Crippen LogP contribution in [0.4, 0.5) is 0 Å². The minimum atomic E-state index is -0.404. The quantitative estimate of drug-likeness (QED) is 0.875. The van der Waals surface area contributed by atoms with Gasteiger partial charge in [0.2, 0.25) is 0 Å². The van der Waals surface area contributed by atoms with Crippen LogP contribution in [-0.4, -0.2) is 40.1 Å². The maximum absolute atomic E-state index is 12.8. The van der Waals surface area contributed by atoms with E-state index in [4.69, 9.17) is 0 Å². The number of amides is 1. The van der Waals surface area contributed by atoms with Gasteiger partial charge in [-0.1, -0.05) is 11.6 Å². The van der Waals surface area contributed by atoms with Crippen LogP contribution >= 0.6 is 0 Å². The number of aromatic nitrogens is 1. The van der Waals surface area contributed by atoms with Crippen molar-refractivity contribution in [2.75, 3.05) is 13.1 Å². The molecule has 0 aliphatic carbocycles. The summed E-state index contributed by atoms with van der Waals surface area (Å²) < 4.78 is 0. The van der Waals surface area contributed by atoms with Crippen LogP contribution in [-0.2, 0) is 0 Å². The van der Waals surface area contributed by atoms with Crippen LogP contribution in [0.15, 0.2) is 24.3 Å². The average molecular weight is 284 g/mol. The summed E-state index contributed by atoms with van der Waals surface area (Å²) in [7, 11) is 0. The summed E-state index contributed by atoms with van der Waals surface area (Å²) in [4.78, 5) is 19.1. The molecule has 1 fully saturated rings. The third-order valence-corrected chi connectivity index (χ3v) is 4.01. The van der Waals surface area contributed by atoms with Crippen LogP contribution < -0.4 is 0 Å². The van der Waals surface area contributed by atoms with Gasteiger partial charge in [-0.15, -0.1) is 0 Å². The Bertz CT molecular complexity index is 696. The van der Waals surface area contributed by atoms with E-state index >= 15 is 0 Å². The predicted octanol–water partition coefficient (Wildman–Crippen LogP) is 2.45. The Labute approximate surface area is 124 Å². The fraction of sp³-hybridized carbons (Fsp3) is 0.412. The first-order chi connectivity index (χ1) is 10.0. The lowest BCUT2D eigenvalue weighted by Crippen LogP contribution is -2.42. The van der Waals surface area contributed by atoms with Gasteiger partial charge in [0.15, 0.2) is 0 Å². The number of nitrogens with zero attached hydrogens (tertiary/aromatic N) is 2. The number of rotatable bonds is 1. The number of hydrogen-bond acceptors (Lipinski definition) is 3. The summed E-state index contributed by atoms with van der Waals surface area (Å²) in [6.45, 7) is 5.05. The van der Waals surface area contributed by atoms with E-state index < -0.39 is 6.10 Å². The maximum atomic E-state index is 12.8. The van der Waals surface area contributed by atoms with E-state index in [1.165, 1.54) is 0 Å². The van der Waals surface area contributed by atoms with E-state index in [0.717, 1.165) is 35.0 Å². The van der Waals surface area contributed by atoms with Gasteiger partial charge in [-0.2, -0.15) is 0 Å². The number of hydrogen-bond donors (Lipinski definition) is 1. The smallest absolute Gasteiger partial charge is 0.254 e. The Balaban J connectivity index is 2.06. The van der Waals surface area contributed by atoms with E-state index in [0.29, 0.717) is 18.7 Å². The van der Waals surface area contributed by atoms with Crippen LogP contribution in [0.5, 0.6) is 0 Å². The standard InChI is InChI=1S/C17H20N2O2/c1-11-5-6-16-14(8-11)15(9-12(2)18-16)17(21)19-7-3-4-13(20)10-19/h5-6,8-9,13,20H,3-4,7,10H2,1-2H3. The fourth-order valence-electron chi connectivity index (χ4n) is 2.96. The molecule has 0 bridgehead atoms. The summed E-state index contributed by atoms with van der Waals surface area (Å²) in [6.07, 6.45) is 1.23. The second kappa shape index (κ2) is 5.45. The Kier molecular flexibility index (Phi) is 3.64. The average Bonchev–Trinajstić information content (AvgIpc) is 2.46. The third kappa shape index (κ3) is 2.76. The summed E-state index contributed by atoms with van der Waals surface area (Å²) in [5.41, 5.74) is 3.49. The van der Waals surface area contributed by atoms with Crippen molar-refractivity contribution in [3.8, 4) is 0 Å². The number of fused-ring (bicyclic) bond motifs is 1. The summed E-state index contributed by atoms with van der Waals surface area (Å²) in [5, 5.41) is 10.7. The highest BCUT2D eigenvalue weighted by Gasteiger charge is 2.24. The molecule has 1 aliphatic heterocycles. The Morgan fingerprint density at radius 3 is 2.90 bits per heavy atom. The lowest BCUT2D eigenvalue weighted by Gasteiger charge is -2.30. The van der Waals surface area contributed by atoms with Gasteiger partial charge in [0.05, 0.1) is 17.2 Å². The van der Waals surface area contributed by atoms with Crippen molar-refractivity contribution < 1.29 is 9.90 Å². The first-order valence-corrected chi connectivity index (χ1v) is 7.40. The van der Waals surface area contributed by atoms with Gasteiger partial charge < -0.3 is 10.0 Å². The highest BCUT2D eigenvalue weighted by atomic mass is 16.3. The highest BCUT2D eigenvalue weighted by molar-refractivity contribution is 6.06. The molecule has 0 saturated carbocycles. The highest BCUT2D eigenvalue weighted by Crippen LogP contribution is 2.23. The van der Waals surface area contributed by atoms with Crippen molar-refractivity contribution in [1.29, 1.82) is 0 Å². The summed E-state index contributed by atoms with van der Waals surface area (Å²) in [5.74, 6) is -0.00477. The molecular formula is C17H20N2O2. The molecule has 4 heteroatoms. The van der Waals surface area contributed by atoms with Crippen molar-refractivity contribution in [1.82, 2.24) is 9.88 Å². The fourth-order valence-corrected chi connectivity index (χ4v) is 2.96. The zero-order valence-electron chi connectivity index (χ0n) is 12.5. The molecule has 2 heterocycles. The molecule has 3 rings (SSSR count). The summed E-state index contributed by atoms with van der Waals surface area (Å²) >= 11 is 0. The molecule has 110 valence electrons. The van der Waals surface area contributed by atoms with Gasteiger partial charge in [0, 0.05) is 24.2 Å². The lowest BCUT2D eigenvalue weighted by atomic mass is 10.0. The Hall–Kier alpha value is -1.94. The molecule has 0 radical (unpaired) electrons. The van der Waals surface area contributed by atoms with Crippen molar-refractivity contribution in [3.05, 3.63) is 41.1 Å². The van der Waals surface area contributed by atoms with Crippen molar-refractivity contribution in [2.45, 2.75) is 32.8 Å². The lowest BCUT2D eigenvalue weighted by molar-refractivity contribution is 0.0475. The molecule has 1 aromatic heterocycles. The minimum absolute atomic E-state index is 0.00477. The second-order valence-corrected chi connectivity index (χ2v) is 5.88. The monoisotopic (exact) mass is 284 g/mol. The summed E-state index contributed by atoms with van der Waals surface area (Å²) in [6, 6.07) is 7.83. The van der Waals surface area contributed by atoms with E-state index in [1.807, 2.05) is 38.1 Å². The van der Waals surface area contributed by atoms with Gasteiger partial charge in [-0.05, 0) is 44.9 Å². The molecule has 4 nitrogen and oxygen atoms in total. The van der Waals surface area contributed by atoms with Crippen LogP contribution in [0.2, 0.25) is 0 Å². The number of likely N-dealkylation sites (tertiary alicyclic amines) is 1. The van der Waals surface area contributed by atoms with E-state index in [2.05, 4.69) is 4.98 Å². The van der Waals surface area contributed by atoms with Crippen molar-refractivity contribution in [3.63, 3.8) is 0 Å². The number of β-amino-alcohol motifs (C(OH)–C–C–N with tert-alkyl or cyclic N) is 1. The molecule has 2 aromatic rings. The molecule has 1 atom stereocenters. The zero-order chi connectivity index (χ0) is 15.0. The largest absolute Gasteiger partial charge is 0.391 e. The van der Waals surface area contributed by atoms with Gasteiger partial charge >= 0.3 is 0 Å². The molecule has 0 spiro atoms. The number of pyridine rings is 1. The normalized spacial score (nSPS) is 19.0. The minimum Gasteiger partial charge on any atom is -0.391 e. The van der Waals surface area contributed by atoms with Gasteiger partial charge in [0.1, 0.15) is 0 Å². The van der Waals surface area contributed by atoms with Crippen LogP contribution in [0.1, 0.15) is 34.5 Å². The second-order valence-electron chi connectivity index (χ2n) is 5.88. The number of carbonyl (C=O) groups is 1. The molecular weight excluding hydrogens is 264 g/mol. The first-order valence-electron chi connectivity index (χ1n) is 7.40. The number of aliphatic hydroxyl groups excluding tert-OH is 1. The topological polar surface area (TPSA) is 53.4 Å². The first kappa shape index (κ1) is 14.0. The van der Waals surface area contributed by atoms with Crippen molar-refractivity contribution >= 4 is 16.8 Å². The number of aliphatic hydroxyl groups is 1. The Morgan fingerprint density at radius 1 is 1.33 bits per heavy atom. The van der Waals surface area contributed by atoms with Crippen molar-refractivity contribution in [2.24, 2.45) is 0 Å². The van der Waals surface area contributed by atoms with E-state index in [1.54, 1.807) is 4.90 Å². The molecule has 1 saturated heterocycles. The number of benzene rings is 1. The molecule has 1 unspecified atom stereocenters. The van der Waals surface area contributed by atoms with Crippen LogP contribution in [0.25, 0.3) is 10.9 Å². The SMILES string of the molecule is Cc1ccc2nc(C)cc(C(=O)N3CCCC(O)C3)c2c1. The molecule has 1 amide bonds. The number of carbonyl (C=O) groups excluding carboxylic acids is 1. The zero-order valence-corrected chi connectivity index (χ0v) is 12.5. The number of aryl methyl sites for hydroxylation is 2. The maximum Gasteiger partial charge on any atom is 0.254 e. The van der Waals surface area contributed by atoms with Gasteiger partial charge in [-0.3, -0.25) is 9.78 Å². The van der Waals surface area contributed by atoms with Gasteiger partial charge in [0.25, 0.3) is 5.91 Å². The number of piperidine rings is 1. The third-order valence-electron chi connectivity index (χ3n) is 4.01. The van der Waals surface area contributed by atoms with E-state index in [-0.39, 0.29) is 5.91 Å². The molecule has 21 heavy (non-hydrogen) atoms. The predicted molar refractivity (Wildman–Crippen MR) is 82.4 cm³/mol.